The molecule has 2 aromatic rings. The highest BCUT2D eigenvalue weighted by Gasteiger charge is 2.41. The first-order valence-corrected chi connectivity index (χ1v) is 11.5. The second-order valence-electron chi connectivity index (χ2n) is 7.51. The molecule has 0 aliphatic carbocycles. The molecular formula is C21H25N3O3S2. The van der Waals surface area contributed by atoms with Crippen molar-refractivity contribution in [2.75, 3.05) is 39.4 Å². The normalized spacial score (nSPS) is 19.2. The highest BCUT2D eigenvalue weighted by atomic mass is 32.1. The van der Waals surface area contributed by atoms with E-state index in [1.165, 1.54) is 16.2 Å². The molecule has 4 rings (SSSR count). The Balaban J connectivity index is 1.33. The van der Waals surface area contributed by atoms with E-state index in [0.29, 0.717) is 25.4 Å². The van der Waals surface area contributed by atoms with Gasteiger partial charge in [0.1, 0.15) is 12.3 Å². The van der Waals surface area contributed by atoms with Gasteiger partial charge >= 0.3 is 0 Å². The zero-order valence-corrected chi connectivity index (χ0v) is 18.2. The maximum Gasteiger partial charge on any atom is 0.273 e. The van der Waals surface area contributed by atoms with Crippen molar-refractivity contribution in [3.05, 3.63) is 38.0 Å². The first-order chi connectivity index (χ1) is 14.1. The van der Waals surface area contributed by atoms with Gasteiger partial charge in [0.25, 0.3) is 5.91 Å². The molecule has 1 amide bonds. The fourth-order valence-electron chi connectivity index (χ4n) is 3.94. The van der Waals surface area contributed by atoms with E-state index in [9.17, 15) is 4.79 Å². The Kier molecular flexibility index (Phi) is 6.32. The molecule has 0 radical (unpaired) electrons. The Morgan fingerprint density at radius 1 is 1.34 bits per heavy atom. The summed E-state index contributed by atoms with van der Waals surface area (Å²) in [5.41, 5.74) is 0.322. The SMILES string of the molecule is Cc1nc(C(=O)N2CCOC3(CCN(Cc4ccc(C#CCO)s4)CC3)C2)cs1. The first-order valence-electron chi connectivity index (χ1n) is 9.83. The van der Waals surface area contributed by atoms with E-state index in [1.807, 2.05) is 23.3 Å². The number of carbonyl (C=O) groups excluding carboxylic acids is 1. The van der Waals surface area contributed by atoms with Crippen LogP contribution in [0, 0.1) is 18.8 Å². The summed E-state index contributed by atoms with van der Waals surface area (Å²) in [5.74, 6) is 5.69. The second-order valence-corrected chi connectivity index (χ2v) is 9.74. The van der Waals surface area contributed by atoms with Crippen LogP contribution in [-0.2, 0) is 11.3 Å². The molecule has 29 heavy (non-hydrogen) atoms. The summed E-state index contributed by atoms with van der Waals surface area (Å²) < 4.78 is 6.20. The summed E-state index contributed by atoms with van der Waals surface area (Å²) >= 11 is 3.20. The lowest BCUT2D eigenvalue weighted by atomic mass is 9.89. The molecule has 1 N–H and O–H groups in total. The van der Waals surface area contributed by atoms with Crippen molar-refractivity contribution in [1.29, 1.82) is 0 Å². The fraction of sp³-hybridized carbons (Fsp3) is 0.524. The number of nitrogens with zero attached hydrogens (tertiary/aromatic N) is 3. The minimum atomic E-state index is -0.233. The smallest absolute Gasteiger partial charge is 0.273 e. The van der Waals surface area contributed by atoms with Crippen LogP contribution >= 0.6 is 22.7 Å². The molecular weight excluding hydrogens is 406 g/mol. The summed E-state index contributed by atoms with van der Waals surface area (Å²) in [6.07, 6.45) is 1.85. The molecule has 0 bridgehead atoms. The average molecular weight is 432 g/mol. The van der Waals surface area contributed by atoms with Crippen molar-refractivity contribution in [3.8, 4) is 11.8 Å². The second kappa shape index (κ2) is 8.94. The minimum Gasteiger partial charge on any atom is -0.384 e. The maximum atomic E-state index is 12.8. The van der Waals surface area contributed by atoms with Gasteiger partial charge in [-0.1, -0.05) is 11.8 Å². The molecule has 2 aliphatic heterocycles. The van der Waals surface area contributed by atoms with E-state index in [0.717, 1.165) is 42.4 Å². The predicted molar refractivity (Wildman–Crippen MR) is 114 cm³/mol. The number of aryl methyl sites for hydroxylation is 1. The lowest BCUT2D eigenvalue weighted by Gasteiger charge is -2.47. The topological polar surface area (TPSA) is 65.9 Å². The van der Waals surface area contributed by atoms with Crippen molar-refractivity contribution in [1.82, 2.24) is 14.8 Å². The number of likely N-dealkylation sites (tertiary alicyclic amines) is 1. The highest BCUT2D eigenvalue weighted by Crippen LogP contribution is 2.32. The molecule has 8 heteroatoms. The van der Waals surface area contributed by atoms with Crippen molar-refractivity contribution in [3.63, 3.8) is 0 Å². The van der Waals surface area contributed by atoms with Gasteiger partial charge in [-0.05, 0) is 31.9 Å². The Morgan fingerprint density at radius 2 is 2.17 bits per heavy atom. The summed E-state index contributed by atoms with van der Waals surface area (Å²) in [4.78, 5) is 23.8. The Morgan fingerprint density at radius 3 is 2.90 bits per heavy atom. The number of morpholine rings is 1. The van der Waals surface area contributed by atoms with Gasteiger partial charge in [-0.25, -0.2) is 4.98 Å². The number of piperidine rings is 1. The predicted octanol–water partition coefficient (Wildman–Crippen LogP) is 2.36. The lowest BCUT2D eigenvalue weighted by molar-refractivity contribution is -0.127. The van der Waals surface area contributed by atoms with Crippen LogP contribution in [0.2, 0.25) is 0 Å². The molecule has 0 atom stereocenters. The number of thiazole rings is 1. The van der Waals surface area contributed by atoms with Crippen LogP contribution in [0.4, 0.5) is 0 Å². The third-order valence-corrected chi connectivity index (χ3v) is 7.23. The standard InChI is InChI=1S/C21H25N3O3S2/c1-16-22-19(14-28-16)20(26)24-10-12-27-21(15-24)6-8-23(9-7-21)13-18-5-4-17(29-18)3-2-11-25/h4-5,14,25H,6-13,15H2,1H3. The number of hydrogen-bond acceptors (Lipinski definition) is 7. The molecule has 2 saturated heterocycles. The summed E-state index contributed by atoms with van der Waals surface area (Å²) in [6.45, 7) is 6.50. The van der Waals surface area contributed by atoms with Gasteiger partial charge < -0.3 is 14.7 Å². The van der Waals surface area contributed by atoms with E-state index < -0.39 is 0 Å². The molecule has 0 saturated carbocycles. The minimum absolute atomic E-state index is 0.0227. The third kappa shape index (κ3) is 4.87. The van der Waals surface area contributed by atoms with Crippen LogP contribution in [0.25, 0.3) is 0 Å². The highest BCUT2D eigenvalue weighted by molar-refractivity contribution is 7.12. The number of hydrogen-bond donors (Lipinski definition) is 1. The molecule has 6 nitrogen and oxygen atoms in total. The van der Waals surface area contributed by atoms with Crippen LogP contribution in [0.1, 0.15) is 38.1 Å². The van der Waals surface area contributed by atoms with Gasteiger partial charge in [0, 0.05) is 36.4 Å². The van der Waals surface area contributed by atoms with Crippen LogP contribution in [0.3, 0.4) is 0 Å². The molecule has 0 aromatic carbocycles. The molecule has 4 heterocycles. The zero-order chi connectivity index (χ0) is 20.3. The van der Waals surface area contributed by atoms with Crippen molar-refractivity contribution >= 4 is 28.6 Å². The number of ether oxygens (including phenoxy) is 1. The van der Waals surface area contributed by atoms with E-state index in [1.54, 1.807) is 11.3 Å². The van der Waals surface area contributed by atoms with Crippen LogP contribution in [0.15, 0.2) is 17.5 Å². The van der Waals surface area contributed by atoms with Crippen LogP contribution in [0.5, 0.6) is 0 Å². The molecule has 154 valence electrons. The monoisotopic (exact) mass is 431 g/mol. The quantitative estimate of drug-likeness (QED) is 0.756. The van der Waals surface area contributed by atoms with E-state index in [-0.39, 0.29) is 18.1 Å². The summed E-state index contributed by atoms with van der Waals surface area (Å²) in [5, 5.41) is 11.6. The van der Waals surface area contributed by atoms with Gasteiger partial charge in [0.05, 0.1) is 28.6 Å². The maximum absolute atomic E-state index is 12.8. The Hall–Kier alpha value is -1.76. The van der Waals surface area contributed by atoms with E-state index in [2.05, 4.69) is 27.8 Å². The number of aliphatic hydroxyl groups excluding tert-OH is 1. The summed E-state index contributed by atoms with van der Waals surface area (Å²) in [7, 11) is 0. The number of aliphatic hydroxyl groups is 1. The third-order valence-electron chi connectivity index (χ3n) is 5.47. The van der Waals surface area contributed by atoms with Crippen molar-refractivity contribution in [2.45, 2.75) is 31.9 Å². The average Bonchev–Trinajstić information content (AvgIpc) is 3.37. The molecule has 2 fully saturated rings. The zero-order valence-electron chi connectivity index (χ0n) is 16.5. The molecule has 2 aliphatic rings. The largest absolute Gasteiger partial charge is 0.384 e. The molecule has 1 spiro atoms. The van der Waals surface area contributed by atoms with Crippen LogP contribution < -0.4 is 0 Å². The number of aromatic nitrogens is 1. The van der Waals surface area contributed by atoms with Gasteiger partial charge in [0.2, 0.25) is 0 Å². The van der Waals surface area contributed by atoms with Gasteiger partial charge in [-0.3, -0.25) is 9.69 Å². The molecule has 2 aromatic heterocycles. The van der Waals surface area contributed by atoms with Crippen molar-refractivity contribution in [2.24, 2.45) is 0 Å². The van der Waals surface area contributed by atoms with Gasteiger partial charge in [-0.15, -0.1) is 22.7 Å². The Labute approximate surface area is 179 Å². The van der Waals surface area contributed by atoms with Gasteiger partial charge in [-0.2, -0.15) is 0 Å². The number of carbonyl (C=O) groups is 1. The van der Waals surface area contributed by atoms with Gasteiger partial charge in [0.15, 0.2) is 0 Å². The van der Waals surface area contributed by atoms with E-state index >= 15 is 0 Å². The number of thiophene rings is 1. The lowest BCUT2D eigenvalue weighted by Crippen LogP contribution is -2.57. The number of amides is 1. The van der Waals surface area contributed by atoms with Crippen LogP contribution in [-0.4, -0.2) is 70.8 Å². The summed E-state index contributed by atoms with van der Waals surface area (Å²) in [6, 6.07) is 4.13. The first kappa shape index (κ1) is 20.5. The number of rotatable bonds is 3. The van der Waals surface area contributed by atoms with E-state index in [4.69, 9.17) is 9.84 Å². The molecule has 0 unspecified atom stereocenters. The van der Waals surface area contributed by atoms with Crippen molar-refractivity contribution < 1.29 is 14.6 Å². The Bertz CT molecular complexity index is 919. The fourth-order valence-corrected chi connectivity index (χ4v) is 5.45.